The molecule has 2 rings (SSSR count). The van der Waals surface area contributed by atoms with E-state index in [0.29, 0.717) is 13.1 Å². The highest BCUT2D eigenvalue weighted by molar-refractivity contribution is 5.86. The summed E-state index contributed by atoms with van der Waals surface area (Å²) in [5, 5.41) is 8.79. The average Bonchev–Trinajstić information content (AvgIpc) is 2.71. The fourth-order valence-electron chi connectivity index (χ4n) is 2.37. The minimum Gasteiger partial charge on any atom is -0.475 e. The maximum absolute atomic E-state index is 12.7. The molecule has 5 nitrogen and oxygen atoms in total. The normalized spacial score (nSPS) is 19.1. The molecule has 1 aromatic rings. The molecule has 0 bridgehead atoms. The van der Waals surface area contributed by atoms with E-state index in [1.165, 1.54) is 0 Å². The Morgan fingerprint density at radius 3 is 2.55 bits per heavy atom. The lowest BCUT2D eigenvalue weighted by molar-refractivity contribution is -0.141. The molecule has 20 heavy (non-hydrogen) atoms. The monoisotopic (exact) mass is 292 g/mol. The van der Waals surface area contributed by atoms with Crippen molar-refractivity contribution in [2.24, 2.45) is 5.41 Å². The second-order valence-corrected chi connectivity index (χ2v) is 5.67. The summed E-state index contributed by atoms with van der Waals surface area (Å²) in [5.74, 6) is -2.93. The molecular formula is C12H15F3N2O3. The number of aromatic carboxylic acids is 1. The number of carboxylic acids is 1. The number of hydrogen-bond acceptors (Lipinski definition) is 4. The number of piperidine rings is 1. The van der Waals surface area contributed by atoms with Gasteiger partial charge in [0.25, 0.3) is 6.01 Å². The molecule has 1 fully saturated rings. The van der Waals surface area contributed by atoms with Gasteiger partial charge in [-0.3, -0.25) is 0 Å². The van der Waals surface area contributed by atoms with Gasteiger partial charge in [0.2, 0.25) is 5.76 Å². The van der Waals surface area contributed by atoms with Crippen molar-refractivity contribution >= 4 is 12.0 Å². The molecule has 0 atom stereocenters. The lowest BCUT2D eigenvalue weighted by Crippen LogP contribution is -2.40. The molecule has 0 aromatic carbocycles. The molecule has 1 aliphatic heterocycles. The predicted molar refractivity (Wildman–Crippen MR) is 63.7 cm³/mol. The number of rotatable bonds is 2. The van der Waals surface area contributed by atoms with E-state index in [0.717, 1.165) is 12.8 Å². The number of halogens is 3. The summed E-state index contributed by atoms with van der Waals surface area (Å²) in [6.45, 7) is 4.96. The van der Waals surface area contributed by atoms with Gasteiger partial charge in [-0.05, 0) is 18.3 Å². The summed E-state index contributed by atoms with van der Waals surface area (Å²) >= 11 is 0. The van der Waals surface area contributed by atoms with Crippen LogP contribution >= 0.6 is 0 Å². The molecule has 0 aliphatic carbocycles. The van der Waals surface area contributed by atoms with Crippen LogP contribution in [0.25, 0.3) is 0 Å². The summed E-state index contributed by atoms with van der Waals surface area (Å²) in [6.07, 6.45) is -3.11. The highest BCUT2D eigenvalue weighted by Crippen LogP contribution is 2.36. The topological polar surface area (TPSA) is 66.6 Å². The van der Waals surface area contributed by atoms with Crippen molar-refractivity contribution in [3.8, 4) is 0 Å². The molecule has 8 heteroatoms. The van der Waals surface area contributed by atoms with Gasteiger partial charge < -0.3 is 14.4 Å². The van der Waals surface area contributed by atoms with Gasteiger partial charge in [-0.25, -0.2) is 4.79 Å². The second-order valence-electron chi connectivity index (χ2n) is 5.67. The Bertz CT molecular complexity index is 523. The van der Waals surface area contributed by atoms with Crippen LogP contribution in [-0.2, 0) is 6.18 Å². The highest BCUT2D eigenvalue weighted by Gasteiger charge is 2.42. The molecule has 112 valence electrons. The zero-order chi connectivity index (χ0) is 15.1. The minimum absolute atomic E-state index is 0.0749. The number of carbonyl (C=O) groups is 1. The Morgan fingerprint density at radius 2 is 2.10 bits per heavy atom. The molecule has 2 heterocycles. The van der Waals surface area contributed by atoms with Crippen LogP contribution in [0, 0.1) is 5.41 Å². The Morgan fingerprint density at radius 1 is 1.45 bits per heavy atom. The van der Waals surface area contributed by atoms with Gasteiger partial charge >= 0.3 is 12.1 Å². The van der Waals surface area contributed by atoms with Crippen LogP contribution in [-0.4, -0.2) is 29.1 Å². The third kappa shape index (κ3) is 2.88. The van der Waals surface area contributed by atoms with Crippen LogP contribution in [0.1, 0.15) is 42.9 Å². The summed E-state index contributed by atoms with van der Waals surface area (Å²) in [4.78, 5) is 15.7. The summed E-state index contributed by atoms with van der Waals surface area (Å²) in [6, 6.07) is -0.275. The van der Waals surface area contributed by atoms with E-state index < -0.39 is 23.6 Å². The van der Waals surface area contributed by atoms with Crippen LogP contribution < -0.4 is 4.90 Å². The van der Waals surface area contributed by atoms with Crippen LogP contribution in [0.3, 0.4) is 0 Å². The van der Waals surface area contributed by atoms with E-state index in [1.54, 1.807) is 4.90 Å². The fraction of sp³-hybridized carbons (Fsp3) is 0.667. The lowest BCUT2D eigenvalue weighted by Gasteiger charge is -2.37. The number of carboxylic acid groups (broad SMARTS) is 1. The highest BCUT2D eigenvalue weighted by atomic mass is 19.4. The van der Waals surface area contributed by atoms with E-state index in [4.69, 9.17) is 9.52 Å². The third-order valence-electron chi connectivity index (χ3n) is 3.25. The van der Waals surface area contributed by atoms with Crippen molar-refractivity contribution in [2.75, 3.05) is 18.0 Å². The van der Waals surface area contributed by atoms with Gasteiger partial charge in [-0.15, -0.1) is 0 Å². The molecule has 1 N–H and O–H groups in total. The van der Waals surface area contributed by atoms with Crippen molar-refractivity contribution in [2.45, 2.75) is 32.9 Å². The van der Waals surface area contributed by atoms with Crippen LogP contribution in [0.15, 0.2) is 4.42 Å². The van der Waals surface area contributed by atoms with Crippen LogP contribution in [0.2, 0.25) is 0 Å². The van der Waals surface area contributed by atoms with Gasteiger partial charge in [0, 0.05) is 13.1 Å². The number of alkyl halides is 3. The van der Waals surface area contributed by atoms with Crippen molar-refractivity contribution in [3.05, 3.63) is 11.5 Å². The van der Waals surface area contributed by atoms with E-state index >= 15 is 0 Å². The lowest BCUT2D eigenvalue weighted by atomic mass is 9.84. The SMILES string of the molecule is CC1(C)CCCN(c2nc(C(F)(F)F)c(C(=O)O)o2)C1. The number of oxazole rings is 1. The summed E-state index contributed by atoms with van der Waals surface area (Å²) in [7, 11) is 0. The molecule has 0 amide bonds. The van der Waals surface area contributed by atoms with Crippen molar-refractivity contribution in [3.63, 3.8) is 0 Å². The van der Waals surface area contributed by atoms with Crippen molar-refractivity contribution in [1.82, 2.24) is 4.98 Å². The molecule has 0 spiro atoms. The first-order valence-corrected chi connectivity index (χ1v) is 6.16. The maximum atomic E-state index is 12.7. The molecule has 0 unspecified atom stereocenters. The molecule has 1 aliphatic rings. The molecule has 0 saturated carbocycles. The Hall–Kier alpha value is -1.73. The molecule has 0 radical (unpaired) electrons. The van der Waals surface area contributed by atoms with Gasteiger partial charge in [0.15, 0.2) is 5.69 Å². The van der Waals surface area contributed by atoms with E-state index in [2.05, 4.69) is 4.98 Å². The molecular weight excluding hydrogens is 277 g/mol. The van der Waals surface area contributed by atoms with Gasteiger partial charge in [-0.1, -0.05) is 13.8 Å². The fourth-order valence-corrected chi connectivity index (χ4v) is 2.37. The van der Waals surface area contributed by atoms with E-state index in [-0.39, 0.29) is 11.4 Å². The first-order chi connectivity index (χ1) is 9.10. The zero-order valence-electron chi connectivity index (χ0n) is 11.1. The number of nitrogens with zero attached hydrogens (tertiary/aromatic N) is 2. The Kier molecular flexibility index (Phi) is 3.43. The molecule has 1 saturated heterocycles. The van der Waals surface area contributed by atoms with Gasteiger partial charge in [0.05, 0.1) is 0 Å². The Balaban J connectivity index is 2.36. The number of hydrogen-bond donors (Lipinski definition) is 1. The van der Waals surface area contributed by atoms with Gasteiger partial charge in [0.1, 0.15) is 0 Å². The molecule has 1 aromatic heterocycles. The summed E-state index contributed by atoms with van der Waals surface area (Å²) < 4.78 is 43.0. The zero-order valence-corrected chi connectivity index (χ0v) is 11.1. The van der Waals surface area contributed by atoms with E-state index in [9.17, 15) is 18.0 Å². The third-order valence-corrected chi connectivity index (χ3v) is 3.25. The first kappa shape index (κ1) is 14.7. The van der Waals surface area contributed by atoms with E-state index in [1.807, 2.05) is 13.8 Å². The largest absolute Gasteiger partial charge is 0.475 e. The second kappa shape index (κ2) is 4.68. The minimum atomic E-state index is -4.85. The average molecular weight is 292 g/mol. The number of aromatic nitrogens is 1. The van der Waals surface area contributed by atoms with Crippen LogP contribution in [0.5, 0.6) is 0 Å². The Labute approximate surface area is 113 Å². The van der Waals surface area contributed by atoms with Crippen LogP contribution in [0.4, 0.5) is 19.2 Å². The maximum Gasteiger partial charge on any atom is 0.437 e. The quantitative estimate of drug-likeness (QED) is 0.907. The number of anilines is 1. The standard InChI is InChI=1S/C12H15F3N2O3/c1-11(2)4-3-5-17(6-11)10-16-8(12(13,14)15)7(20-10)9(18)19/h3-6H2,1-2H3,(H,18,19). The summed E-state index contributed by atoms with van der Waals surface area (Å²) in [5.41, 5.74) is -1.56. The predicted octanol–water partition coefficient (Wildman–Crippen LogP) is 3.02. The van der Waals surface area contributed by atoms with Crippen molar-refractivity contribution < 1.29 is 27.5 Å². The smallest absolute Gasteiger partial charge is 0.437 e. The van der Waals surface area contributed by atoms with Crippen molar-refractivity contribution in [1.29, 1.82) is 0 Å². The van der Waals surface area contributed by atoms with Gasteiger partial charge in [-0.2, -0.15) is 18.2 Å². The first-order valence-electron chi connectivity index (χ1n) is 6.16.